The molecule has 0 saturated carbocycles. The first-order valence-corrected chi connectivity index (χ1v) is 8.63. The third kappa shape index (κ3) is 5.82. The van der Waals surface area contributed by atoms with Crippen molar-refractivity contribution < 1.29 is 27.1 Å². The molecule has 29 heavy (non-hydrogen) atoms. The van der Waals surface area contributed by atoms with E-state index in [2.05, 4.69) is 20.3 Å². The van der Waals surface area contributed by atoms with Gasteiger partial charge in [-0.05, 0) is 24.6 Å². The van der Waals surface area contributed by atoms with Gasteiger partial charge in [0.05, 0.1) is 16.1 Å². The number of benzene rings is 1. The molecule has 1 N–H and O–H groups in total. The number of nitriles is 1. The van der Waals surface area contributed by atoms with Crippen LogP contribution in [-0.2, 0) is 10.9 Å². The molecular weight excluding hydrogens is 415 g/mol. The van der Waals surface area contributed by atoms with Gasteiger partial charge >= 0.3 is 18.0 Å². The first-order valence-electron chi connectivity index (χ1n) is 8.25. The number of methoxy groups -OCH3 is 1. The van der Waals surface area contributed by atoms with Crippen LogP contribution in [-0.4, -0.2) is 54.4 Å². The van der Waals surface area contributed by atoms with Crippen LogP contribution in [0.4, 0.5) is 13.2 Å². The fraction of sp³-hybridized carbons (Fsp3) is 0.412. The van der Waals surface area contributed by atoms with Gasteiger partial charge in [-0.3, -0.25) is 4.79 Å². The first kappa shape index (κ1) is 22.4. The predicted molar refractivity (Wildman–Crippen MR) is 95.7 cm³/mol. The second kappa shape index (κ2) is 9.58. The Balaban J connectivity index is 0.000000941. The largest absolute Gasteiger partial charge is 0.416 e. The molecule has 2 aromatic rings. The van der Waals surface area contributed by atoms with Gasteiger partial charge in [0.15, 0.2) is 6.19 Å². The Hall–Kier alpha value is -2.84. The van der Waals surface area contributed by atoms with Crippen molar-refractivity contribution in [1.29, 1.82) is 5.26 Å². The maximum Gasteiger partial charge on any atom is 0.416 e. The van der Waals surface area contributed by atoms with Crippen molar-refractivity contribution in [3.8, 4) is 17.6 Å². The zero-order valence-electron chi connectivity index (χ0n) is 15.5. The number of halogens is 4. The molecule has 2 heterocycles. The number of carbonyl (C=O) groups excluding carboxylic acids is 1. The van der Waals surface area contributed by atoms with Gasteiger partial charge in [0.25, 0.3) is 0 Å². The summed E-state index contributed by atoms with van der Waals surface area (Å²) in [5, 5.41) is 18.6. The van der Waals surface area contributed by atoms with Gasteiger partial charge in [-0.1, -0.05) is 11.6 Å². The average molecular weight is 432 g/mol. The molecule has 1 aromatic heterocycles. The molecule has 0 radical (unpaired) electrons. The molecule has 0 spiro atoms. The van der Waals surface area contributed by atoms with E-state index in [0.717, 1.165) is 18.2 Å². The van der Waals surface area contributed by atoms with Crippen LogP contribution in [0.25, 0.3) is 11.5 Å². The molecular formula is C17H17ClF3N5O3. The average Bonchev–Trinajstić information content (AvgIpc) is 3.31. The minimum absolute atomic E-state index is 0.0194. The van der Waals surface area contributed by atoms with E-state index in [0.29, 0.717) is 19.5 Å². The lowest BCUT2D eigenvalue weighted by Crippen LogP contribution is -2.36. The molecule has 1 aliphatic heterocycles. The summed E-state index contributed by atoms with van der Waals surface area (Å²) >= 11 is 5.91. The third-order valence-electron chi connectivity index (χ3n) is 3.81. The Morgan fingerprint density at radius 3 is 2.69 bits per heavy atom. The van der Waals surface area contributed by atoms with Crippen LogP contribution in [0.3, 0.4) is 0 Å². The van der Waals surface area contributed by atoms with Crippen LogP contribution in [0.2, 0.25) is 5.02 Å². The van der Waals surface area contributed by atoms with Crippen LogP contribution < -0.4 is 5.32 Å². The Morgan fingerprint density at radius 2 is 2.10 bits per heavy atom. The third-order valence-corrected chi connectivity index (χ3v) is 4.14. The van der Waals surface area contributed by atoms with Crippen molar-refractivity contribution in [1.82, 2.24) is 20.4 Å². The Bertz CT molecular complexity index is 897. The molecule has 0 bridgehead atoms. The molecule has 1 unspecified atom stereocenters. The van der Waals surface area contributed by atoms with Gasteiger partial charge in [0.2, 0.25) is 5.89 Å². The maximum atomic E-state index is 12.8. The van der Waals surface area contributed by atoms with E-state index in [1.54, 1.807) is 14.2 Å². The Labute approximate surface area is 169 Å². The van der Waals surface area contributed by atoms with Crippen molar-refractivity contribution >= 4 is 17.5 Å². The number of ether oxygens (including phenoxy) is 1. The highest BCUT2D eigenvalue weighted by atomic mass is 35.5. The monoisotopic (exact) mass is 431 g/mol. The van der Waals surface area contributed by atoms with Crippen LogP contribution >= 0.6 is 11.6 Å². The van der Waals surface area contributed by atoms with E-state index in [4.69, 9.17) is 21.3 Å². The van der Waals surface area contributed by atoms with Crippen molar-refractivity contribution in [2.75, 3.05) is 27.3 Å². The molecule has 1 aromatic carbocycles. The Morgan fingerprint density at radius 1 is 1.41 bits per heavy atom. The number of nitrogens with zero attached hydrogens (tertiary/aromatic N) is 4. The van der Waals surface area contributed by atoms with Crippen LogP contribution in [0.1, 0.15) is 22.7 Å². The summed E-state index contributed by atoms with van der Waals surface area (Å²) in [5.41, 5.74) is -1.05. The number of hydrogen-bond donors (Lipinski definition) is 1. The zero-order valence-corrected chi connectivity index (χ0v) is 16.2. The van der Waals surface area contributed by atoms with E-state index < -0.39 is 23.5 Å². The lowest BCUT2D eigenvalue weighted by molar-refractivity contribution is -0.137. The first-order chi connectivity index (χ1) is 13.7. The van der Waals surface area contributed by atoms with E-state index in [1.165, 1.54) is 4.90 Å². The molecule has 1 fully saturated rings. The number of carbonyl (C=O) groups is 1. The van der Waals surface area contributed by atoms with Gasteiger partial charge in [-0.2, -0.15) is 18.4 Å². The molecule has 1 saturated heterocycles. The van der Waals surface area contributed by atoms with E-state index >= 15 is 0 Å². The number of rotatable bonds is 3. The molecule has 3 rings (SSSR count). The van der Waals surface area contributed by atoms with Crippen molar-refractivity contribution in [3.63, 3.8) is 0 Å². The smallest absolute Gasteiger partial charge is 0.412 e. The summed E-state index contributed by atoms with van der Waals surface area (Å²) in [7, 11) is 3.25. The second-order valence-electron chi connectivity index (χ2n) is 6.02. The van der Waals surface area contributed by atoms with Crippen molar-refractivity contribution in [2.24, 2.45) is 0 Å². The fourth-order valence-corrected chi connectivity index (χ4v) is 2.70. The van der Waals surface area contributed by atoms with Gasteiger partial charge in [0.1, 0.15) is 0 Å². The number of hydrogen-bond acceptors (Lipinski definition) is 7. The Kier molecular flexibility index (Phi) is 7.41. The molecule has 156 valence electrons. The highest BCUT2D eigenvalue weighted by Crippen LogP contribution is 2.35. The molecule has 12 heteroatoms. The summed E-state index contributed by atoms with van der Waals surface area (Å²) in [5.74, 6) is -1.36. The number of aromatic nitrogens is 2. The minimum atomic E-state index is -4.56. The van der Waals surface area contributed by atoms with Gasteiger partial charge in [0, 0.05) is 33.4 Å². The lowest BCUT2D eigenvalue weighted by Gasteiger charge is -2.10. The van der Waals surface area contributed by atoms with E-state index in [9.17, 15) is 18.0 Å². The molecule has 1 atom stereocenters. The quantitative estimate of drug-likeness (QED) is 0.745. The van der Waals surface area contributed by atoms with E-state index in [1.807, 2.05) is 6.19 Å². The number of amides is 1. The molecule has 1 aliphatic rings. The lowest BCUT2D eigenvalue weighted by atomic mass is 10.1. The van der Waals surface area contributed by atoms with Gasteiger partial charge in [-0.25, -0.2) is 0 Å². The zero-order chi connectivity index (χ0) is 21.6. The summed E-state index contributed by atoms with van der Waals surface area (Å²) in [6, 6.07) is 2.42. The topological polar surface area (TPSA) is 104 Å². The molecule has 0 aliphatic carbocycles. The van der Waals surface area contributed by atoms with Crippen molar-refractivity contribution in [2.45, 2.75) is 18.6 Å². The highest BCUT2D eigenvalue weighted by molar-refractivity contribution is 6.33. The van der Waals surface area contributed by atoms with Crippen LogP contribution in [0.5, 0.6) is 0 Å². The number of likely N-dealkylation sites (tertiary alicyclic amines) is 1. The summed E-state index contributed by atoms with van der Waals surface area (Å²) in [4.78, 5) is 13.6. The SMILES string of the molecule is COC.N#CN1CCC(NC(=O)c2nnc(-c3cc(C(F)(F)F)ccc3Cl)o2)C1. The van der Waals surface area contributed by atoms with E-state index in [-0.39, 0.29) is 22.5 Å². The van der Waals surface area contributed by atoms with Gasteiger partial charge < -0.3 is 19.4 Å². The second-order valence-corrected chi connectivity index (χ2v) is 6.43. The maximum absolute atomic E-state index is 12.8. The van der Waals surface area contributed by atoms with Gasteiger partial charge in [-0.15, -0.1) is 10.2 Å². The summed E-state index contributed by atoms with van der Waals surface area (Å²) in [6.07, 6.45) is -2.00. The summed E-state index contributed by atoms with van der Waals surface area (Å²) in [6.45, 7) is 0.888. The standard InChI is InChI=1S/C15H11ClF3N5O2.C2H6O/c16-11-2-1-8(15(17,18)19)5-10(11)13-22-23-14(26-13)12(25)21-9-3-4-24(6-9)7-20;1-3-2/h1-2,5,9H,3-4,6H2,(H,21,25);1-2H3. The predicted octanol–water partition coefficient (Wildman–Crippen LogP) is 2.96. The number of alkyl halides is 3. The highest BCUT2D eigenvalue weighted by Gasteiger charge is 2.32. The summed E-state index contributed by atoms with van der Waals surface area (Å²) < 4.78 is 47.9. The number of nitrogens with one attached hydrogen (secondary N) is 1. The van der Waals surface area contributed by atoms with Crippen LogP contribution in [0.15, 0.2) is 22.6 Å². The normalized spacial score (nSPS) is 16.0. The minimum Gasteiger partial charge on any atom is -0.412 e. The molecule has 8 nitrogen and oxygen atoms in total. The molecule has 1 amide bonds. The van der Waals surface area contributed by atoms with Crippen LogP contribution in [0, 0.1) is 11.5 Å². The van der Waals surface area contributed by atoms with Crippen molar-refractivity contribution in [3.05, 3.63) is 34.7 Å². The fourth-order valence-electron chi connectivity index (χ4n) is 2.51.